The standard InChI is InChI=1S/C23H15F3N2O4S/c24-14-1-6-17(7-2-14)27-22(29)13-28-12-21(23(30)19-11-16(26)5-10-20(19)28)33(31,32)18-8-3-15(25)4-9-18/h1-12H,13H2,(H,27,29). The average molecular weight is 472 g/mol. The molecule has 1 aromatic heterocycles. The number of amides is 1. The van der Waals surface area contributed by atoms with E-state index in [0.717, 1.165) is 54.7 Å². The summed E-state index contributed by atoms with van der Waals surface area (Å²) in [5.74, 6) is -2.51. The number of benzene rings is 3. The SMILES string of the molecule is O=C(Cn1cc(S(=O)(=O)c2ccc(F)cc2)c(=O)c2cc(F)ccc21)Nc1ccc(F)cc1. The predicted octanol–water partition coefficient (Wildman–Crippen LogP) is 3.89. The summed E-state index contributed by atoms with van der Waals surface area (Å²) in [5, 5.41) is 2.29. The average Bonchev–Trinajstić information content (AvgIpc) is 2.77. The van der Waals surface area contributed by atoms with E-state index in [1.807, 2.05) is 0 Å². The Labute approximate surface area is 185 Å². The number of nitrogens with zero attached hydrogens (tertiary/aromatic N) is 1. The second-order valence-electron chi connectivity index (χ2n) is 7.12. The van der Waals surface area contributed by atoms with Gasteiger partial charge in [0.2, 0.25) is 21.2 Å². The Bertz CT molecular complexity index is 1530. The van der Waals surface area contributed by atoms with Crippen LogP contribution < -0.4 is 10.7 Å². The van der Waals surface area contributed by atoms with Gasteiger partial charge < -0.3 is 9.88 Å². The number of carbonyl (C=O) groups excluding carboxylic acids is 1. The summed E-state index contributed by atoms with van der Waals surface area (Å²) < 4.78 is 67.6. The highest BCUT2D eigenvalue weighted by molar-refractivity contribution is 7.91. The van der Waals surface area contributed by atoms with Crippen molar-refractivity contribution < 1.29 is 26.4 Å². The maximum atomic E-state index is 13.9. The number of carbonyl (C=O) groups is 1. The van der Waals surface area contributed by atoms with Gasteiger partial charge in [-0.15, -0.1) is 0 Å². The smallest absolute Gasteiger partial charge is 0.244 e. The minimum Gasteiger partial charge on any atom is -0.336 e. The Morgan fingerprint density at radius 1 is 0.848 bits per heavy atom. The van der Waals surface area contributed by atoms with Crippen LogP contribution in [0.1, 0.15) is 0 Å². The van der Waals surface area contributed by atoms with Gasteiger partial charge in [0.25, 0.3) is 0 Å². The minimum atomic E-state index is -4.41. The Balaban J connectivity index is 1.81. The van der Waals surface area contributed by atoms with E-state index >= 15 is 0 Å². The summed E-state index contributed by atoms with van der Waals surface area (Å²) >= 11 is 0. The number of pyridine rings is 1. The summed E-state index contributed by atoms with van der Waals surface area (Å²) in [6.07, 6.45) is 0.992. The maximum absolute atomic E-state index is 13.9. The van der Waals surface area contributed by atoms with Crippen molar-refractivity contribution in [3.63, 3.8) is 0 Å². The van der Waals surface area contributed by atoms with Crippen molar-refractivity contribution in [2.45, 2.75) is 16.3 Å². The second-order valence-corrected chi connectivity index (χ2v) is 9.04. The van der Waals surface area contributed by atoms with Crippen LogP contribution in [0.4, 0.5) is 18.9 Å². The molecule has 10 heteroatoms. The third-order valence-corrected chi connectivity index (χ3v) is 6.63. The Morgan fingerprint density at radius 2 is 1.42 bits per heavy atom. The van der Waals surface area contributed by atoms with Crippen LogP contribution in [0.25, 0.3) is 10.9 Å². The monoisotopic (exact) mass is 472 g/mol. The molecule has 3 aromatic carbocycles. The van der Waals surface area contributed by atoms with Crippen molar-refractivity contribution in [3.05, 3.63) is 101 Å². The molecular weight excluding hydrogens is 457 g/mol. The summed E-state index contributed by atoms with van der Waals surface area (Å²) in [5.41, 5.74) is -0.519. The first kappa shape index (κ1) is 22.3. The number of fused-ring (bicyclic) bond motifs is 1. The van der Waals surface area contributed by atoms with Crippen LogP contribution in [0, 0.1) is 17.5 Å². The molecule has 1 N–H and O–H groups in total. The van der Waals surface area contributed by atoms with E-state index in [-0.39, 0.29) is 15.8 Å². The first-order valence-corrected chi connectivity index (χ1v) is 11.0. The highest BCUT2D eigenvalue weighted by Gasteiger charge is 2.24. The van der Waals surface area contributed by atoms with Crippen LogP contribution >= 0.6 is 0 Å². The van der Waals surface area contributed by atoms with E-state index in [9.17, 15) is 31.2 Å². The predicted molar refractivity (Wildman–Crippen MR) is 115 cm³/mol. The number of anilines is 1. The topological polar surface area (TPSA) is 85.2 Å². The van der Waals surface area contributed by atoms with Gasteiger partial charge in [-0.05, 0) is 66.7 Å². The number of hydrogen-bond donors (Lipinski definition) is 1. The molecule has 33 heavy (non-hydrogen) atoms. The lowest BCUT2D eigenvalue weighted by Crippen LogP contribution is -2.24. The fourth-order valence-electron chi connectivity index (χ4n) is 3.29. The number of halogens is 3. The number of sulfone groups is 1. The molecule has 0 radical (unpaired) electrons. The number of nitrogens with one attached hydrogen (secondary N) is 1. The second kappa shape index (κ2) is 8.55. The van der Waals surface area contributed by atoms with Crippen LogP contribution in [-0.4, -0.2) is 18.9 Å². The lowest BCUT2D eigenvalue weighted by molar-refractivity contribution is -0.116. The molecule has 1 amide bonds. The fourth-order valence-corrected chi connectivity index (χ4v) is 4.66. The molecule has 0 fully saturated rings. The molecule has 0 atom stereocenters. The molecule has 4 rings (SSSR count). The highest BCUT2D eigenvalue weighted by Crippen LogP contribution is 2.22. The van der Waals surface area contributed by atoms with Crippen molar-refractivity contribution >= 4 is 32.3 Å². The van der Waals surface area contributed by atoms with E-state index in [2.05, 4.69) is 5.32 Å². The van der Waals surface area contributed by atoms with E-state index in [0.29, 0.717) is 5.69 Å². The molecule has 0 bridgehead atoms. The van der Waals surface area contributed by atoms with Gasteiger partial charge in [0.05, 0.1) is 10.4 Å². The molecule has 0 aliphatic rings. The number of rotatable bonds is 5. The van der Waals surface area contributed by atoms with E-state index < -0.39 is 50.1 Å². The van der Waals surface area contributed by atoms with E-state index in [1.165, 1.54) is 22.8 Å². The zero-order valence-corrected chi connectivity index (χ0v) is 17.6. The van der Waals surface area contributed by atoms with Crippen LogP contribution in [0.3, 0.4) is 0 Å². The first-order valence-electron chi connectivity index (χ1n) is 9.54. The lowest BCUT2D eigenvalue weighted by atomic mass is 10.2. The largest absolute Gasteiger partial charge is 0.336 e. The third-order valence-electron chi connectivity index (χ3n) is 4.86. The van der Waals surface area contributed by atoms with Gasteiger partial charge in [0.1, 0.15) is 28.9 Å². The third kappa shape index (κ3) is 4.51. The van der Waals surface area contributed by atoms with Crippen molar-refractivity contribution in [1.82, 2.24) is 4.57 Å². The summed E-state index contributed by atoms with van der Waals surface area (Å²) in [6, 6.07) is 12.1. The van der Waals surface area contributed by atoms with Crippen molar-refractivity contribution in [2.24, 2.45) is 0 Å². The molecule has 0 spiro atoms. The highest BCUT2D eigenvalue weighted by atomic mass is 32.2. The molecule has 168 valence electrons. The Morgan fingerprint density at radius 3 is 2.06 bits per heavy atom. The van der Waals surface area contributed by atoms with Gasteiger partial charge in [-0.25, -0.2) is 21.6 Å². The molecule has 4 aromatic rings. The van der Waals surface area contributed by atoms with Crippen LogP contribution in [-0.2, 0) is 21.2 Å². The van der Waals surface area contributed by atoms with Crippen LogP contribution in [0.5, 0.6) is 0 Å². The number of aromatic nitrogens is 1. The molecule has 6 nitrogen and oxygen atoms in total. The van der Waals surface area contributed by atoms with Crippen molar-refractivity contribution in [3.8, 4) is 0 Å². The molecule has 0 saturated carbocycles. The number of hydrogen-bond acceptors (Lipinski definition) is 4. The lowest BCUT2D eigenvalue weighted by Gasteiger charge is -2.14. The van der Waals surface area contributed by atoms with Gasteiger partial charge in [0, 0.05) is 17.3 Å². The summed E-state index contributed by atoms with van der Waals surface area (Å²) in [7, 11) is -4.41. The van der Waals surface area contributed by atoms with Gasteiger partial charge in [0.15, 0.2) is 0 Å². The zero-order valence-electron chi connectivity index (χ0n) is 16.8. The quantitative estimate of drug-likeness (QED) is 0.447. The van der Waals surface area contributed by atoms with E-state index in [4.69, 9.17) is 0 Å². The molecule has 0 unspecified atom stereocenters. The minimum absolute atomic E-state index is 0.133. The summed E-state index contributed by atoms with van der Waals surface area (Å²) in [4.78, 5) is 24.5. The normalized spacial score (nSPS) is 11.5. The fraction of sp³-hybridized carbons (Fsp3) is 0.0435. The van der Waals surface area contributed by atoms with Gasteiger partial charge >= 0.3 is 0 Å². The Hall–Kier alpha value is -3.92. The first-order chi connectivity index (χ1) is 15.6. The van der Waals surface area contributed by atoms with Gasteiger partial charge in [-0.1, -0.05) is 0 Å². The van der Waals surface area contributed by atoms with E-state index in [1.54, 1.807) is 0 Å². The van der Waals surface area contributed by atoms with Crippen LogP contribution in [0.15, 0.2) is 87.5 Å². The molecule has 0 aliphatic heterocycles. The van der Waals surface area contributed by atoms with Crippen molar-refractivity contribution in [1.29, 1.82) is 0 Å². The van der Waals surface area contributed by atoms with Crippen molar-refractivity contribution in [2.75, 3.05) is 5.32 Å². The molecule has 0 aliphatic carbocycles. The van der Waals surface area contributed by atoms with Gasteiger partial charge in [-0.3, -0.25) is 9.59 Å². The maximum Gasteiger partial charge on any atom is 0.244 e. The Kier molecular flexibility index (Phi) is 5.77. The van der Waals surface area contributed by atoms with Gasteiger partial charge in [-0.2, -0.15) is 0 Å². The zero-order chi connectivity index (χ0) is 23.8. The molecule has 1 heterocycles. The summed E-state index contributed by atoms with van der Waals surface area (Å²) in [6.45, 7) is -0.425. The van der Waals surface area contributed by atoms with Crippen LogP contribution in [0.2, 0.25) is 0 Å². The molecular formula is C23H15F3N2O4S. The molecule has 0 saturated heterocycles.